The van der Waals surface area contributed by atoms with Crippen molar-refractivity contribution in [2.24, 2.45) is 0 Å². The number of fused-ring (bicyclic) bond motifs is 4. The Hall–Kier alpha value is -6.96. The average Bonchev–Trinajstić information content (AvgIpc) is 3.50. The standard InChI is InChI=1S/C55H41N/c1-55(2)53-20-12-11-19-50(53)51-33-27-45(36-54(51)55)40-25-30-47(31-26-40)56(46-28-23-39(24-29-46)44-22-21-38-13-9-10-18-43(38)35-44)48-32-34-49(41-14-5-3-6-15-41)52(37-48)42-16-7-4-8-17-42/h3-37H,1-2H3. The van der Waals surface area contributed by atoms with Gasteiger partial charge >= 0.3 is 0 Å². The normalized spacial score (nSPS) is 12.6. The highest BCUT2D eigenvalue weighted by Crippen LogP contribution is 2.50. The molecule has 9 aromatic carbocycles. The van der Waals surface area contributed by atoms with E-state index in [0.717, 1.165) is 17.1 Å². The van der Waals surface area contributed by atoms with Gasteiger partial charge in [-0.05, 0) is 126 Å². The number of hydrogen-bond donors (Lipinski definition) is 0. The summed E-state index contributed by atoms with van der Waals surface area (Å²) in [6.45, 7) is 4.70. The minimum Gasteiger partial charge on any atom is -0.310 e. The molecule has 9 aromatic rings. The summed E-state index contributed by atoms with van der Waals surface area (Å²) in [7, 11) is 0. The predicted molar refractivity (Wildman–Crippen MR) is 238 cm³/mol. The van der Waals surface area contributed by atoms with E-state index >= 15 is 0 Å². The van der Waals surface area contributed by atoms with E-state index in [2.05, 4.69) is 231 Å². The van der Waals surface area contributed by atoms with Crippen molar-refractivity contribution >= 4 is 27.8 Å². The molecular formula is C55H41N. The quantitative estimate of drug-likeness (QED) is 0.159. The van der Waals surface area contributed by atoms with Gasteiger partial charge in [0.25, 0.3) is 0 Å². The average molecular weight is 716 g/mol. The first-order chi connectivity index (χ1) is 27.5. The van der Waals surface area contributed by atoms with E-state index in [9.17, 15) is 0 Å². The smallest absolute Gasteiger partial charge is 0.0468 e. The summed E-state index contributed by atoms with van der Waals surface area (Å²) in [4.78, 5) is 2.39. The van der Waals surface area contributed by atoms with E-state index < -0.39 is 0 Å². The molecule has 0 spiro atoms. The first kappa shape index (κ1) is 33.6. The summed E-state index contributed by atoms with van der Waals surface area (Å²) in [6, 6.07) is 77.6. The molecule has 56 heavy (non-hydrogen) atoms. The Morgan fingerprint density at radius 3 is 1.45 bits per heavy atom. The Morgan fingerprint density at radius 2 is 0.768 bits per heavy atom. The van der Waals surface area contributed by atoms with Gasteiger partial charge in [0.15, 0.2) is 0 Å². The molecule has 0 atom stereocenters. The Morgan fingerprint density at radius 1 is 0.286 bits per heavy atom. The zero-order valence-corrected chi connectivity index (χ0v) is 31.7. The van der Waals surface area contributed by atoms with Gasteiger partial charge < -0.3 is 4.90 Å². The highest BCUT2D eigenvalue weighted by atomic mass is 15.1. The molecule has 266 valence electrons. The number of benzene rings is 9. The molecule has 0 N–H and O–H groups in total. The lowest BCUT2D eigenvalue weighted by Gasteiger charge is -2.27. The molecule has 10 rings (SSSR count). The summed E-state index contributed by atoms with van der Waals surface area (Å²) in [5.74, 6) is 0. The Balaban J connectivity index is 1.07. The second kappa shape index (κ2) is 13.7. The third-order valence-corrected chi connectivity index (χ3v) is 11.7. The third-order valence-electron chi connectivity index (χ3n) is 11.7. The third kappa shape index (κ3) is 5.90. The molecule has 1 heteroatoms. The van der Waals surface area contributed by atoms with Crippen LogP contribution in [0.3, 0.4) is 0 Å². The molecule has 1 aliphatic carbocycles. The van der Waals surface area contributed by atoms with Gasteiger partial charge in [-0.25, -0.2) is 0 Å². The minimum atomic E-state index is -0.0416. The zero-order chi connectivity index (χ0) is 37.6. The van der Waals surface area contributed by atoms with Crippen molar-refractivity contribution in [3.8, 4) is 55.6 Å². The van der Waals surface area contributed by atoms with Crippen LogP contribution >= 0.6 is 0 Å². The van der Waals surface area contributed by atoms with Crippen molar-refractivity contribution in [3.63, 3.8) is 0 Å². The van der Waals surface area contributed by atoms with Crippen LogP contribution in [0.25, 0.3) is 66.4 Å². The SMILES string of the molecule is CC1(C)c2ccccc2-c2ccc(-c3ccc(N(c4ccc(-c5ccc6ccccc6c5)cc4)c4ccc(-c5ccccc5)c(-c5ccccc5)c4)cc3)cc21. The second-order valence-electron chi connectivity index (χ2n) is 15.4. The fraction of sp³-hybridized carbons (Fsp3) is 0.0545. The molecule has 0 fully saturated rings. The molecule has 0 saturated carbocycles. The van der Waals surface area contributed by atoms with Crippen LogP contribution in [0.15, 0.2) is 212 Å². The van der Waals surface area contributed by atoms with Crippen LogP contribution in [0.2, 0.25) is 0 Å². The lowest BCUT2D eigenvalue weighted by molar-refractivity contribution is 0.660. The summed E-state index contributed by atoms with van der Waals surface area (Å²) >= 11 is 0. The van der Waals surface area contributed by atoms with Crippen molar-refractivity contribution in [1.82, 2.24) is 0 Å². The first-order valence-corrected chi connectivity index (χ1v) is 19.5. The van der Waals surface area contributed by atoms with Gasteiger partial charge in [-0.1, -0.05) is 178 Å². The van der Waals surface area contributed by atoms with Crippen LogP contribution in [0.1, 0.15) is 25.0 Å². The Kier molecular flexibility index (Phi) is 8.23. The van der Waals surface area contributed by atoms with Crippen molar-refractivity contribution in [1.29, 1.82) is 0 Å². The minimum absolute atomic E-state index is 0.0416. The highest BCUT2D eigenvalue weighted by Gasteiger charge is 2.35. The van der Waals surface area contributed by atoms with Crippen molar-refractivity contribution < 1.29 is 0 Å². The van der Waals surface area contributed by atoms with Crippen LogP contribution in [0, 0.1) is 0 Å². The van der Waals surface area contributed by atoms with Crippen molar-refractivity contribution in [3.05, 3.63) is 223 Å². The molecule has 0 amide bonds. The number of nitrogens with zero attached hydrogens (tertiary/aromatic N) is 1. The fourth-order valence-electron chi connectivity index (χ4n) is 8.70. The monoisotopic (exact) mass is 715 g/mol. The van der Waals surface area contributed by atoms with Gasteiger partial charge in [-0.2, -0.15) is 0 Å². The first-order valence-electron chi connectivity index (χ1n) is 19.5. The van der Waals surface area contributed by atoms with Crippen molar-refractivity contribution in [2.45, 2.75) is 19.3 Å². The molecule has 0 radical (unpaired) electrons. The van der Waals surface area contributed by atoms with Gasteiger partial charge in [0, 0.05) is 22.5 Å². The summed E-state index contributed by atoms with van der Waals surface area (Å²) < 4.78 is 0. The van der Waals surface area contributed by atoms with Crippen LogP contribution in [-0.2, 0) is 5.41 Å². The van der Waals surface area contributed by atoms with E-state index in [1.54, 1.807) is 0 Å². The predicted octanol–water partition coefficient (Wildman–Crippen LogP) is 15.3. The topological polar surface area (TPSA) is 3.24 Å². The molecule has 1 nitrogen and oxygen atoms in total. The number of anilines is 3. The Bertz CT molecular complexity index is 2850. The van der Waals surface area contributed by atoms with Crippen LogP contribution in [-0.4, -0.2) is 0 Å². The Labute approximate surface area is 329 Å². The van der Waals surface area contributed by atoms with Crippen LogP contribution in [0.5, 0.6) is 0 Å². The van der Waals surface area contributed by atoms with E-state index in [1.807, 2.05) is 0 Å². The van der Waals surface area contributed by atoms with E-state index in [-0.39, 0.29) is 5.41 Å². The van der Waals surface area contributed by atoms with E-state index in [4.69, 9.17) is 0 Å². The van der Waals surface area contributed by atoms with Gasteiger partial charge in [-0.15, -0.1) is 0 Å². The van der Waals surface area contributed by atoms with Crippen LogP contribution in [0.4, 0.5) is 17.1 Å². The molecule has 0 aromatic heterocycles. The fourth-order valence-corrected chi connectivity index (χ4v) is 8.70. The molecule has 1 aliphatic rings. The lowest BCUT2D eigenvalue weighted by atomic mass is 9.81. The maximum absolute atomic E-state index is 2.40. The molecule has 0 saturated heterocycles. The molecule has 0 heterocycles. The van der Waals surface area contributed by atoms with Gasteiger partial charge in [0.2, 0.25) is 0 Å². The zero-order valence-electron chi connectivity index (χ0n) is 31.7. The maximum Gasteiger partial charge on any atom is 0.0468 e. The van der Waals surface area contributed by atoms with Crippen LogP contribution < -0.4 is 4.90 Å². The largest absolute Gasteiger partial charge is 0.310 e. The number of rotatable bonds is 7. The number of hydrogen-bond acceptors (Lipinski definition) is 1. The van der Waals surface area contributed by atoms with Gasteiger partial charge in [0.1, 0.15) is 0 Å². The summed E-state index contributed by atoms with van der Waals surface area (Å²) in [5, 5.41) is 2.50. The summed E-state index contributed by atoms with van der Waals surface area (Å²) in [6.07, 6.45) is 0. The second-order valence-corrected chi connectivity index (χ2v) is 15.4. The summed E-state index contributed by atoms with van der Waals surface area (Å²) in [5.41, 5.74) is 18.4. The van der Waals surface area contributed by atoms with E-state index in [1.165, 1.54) is 77.5 Å². The molecule has 0 aliphatic heterocycles. The molecule has 0 bridgehead atoms. The van der Waals surface area contributed by atoms with Gasteiger partial charge in [0.05, 0.1) is 0 Å². The molecular weight excluding hydrogens is 675 g/mol. The lowest BCUT2D eigenvalue weighted by Crippen LogP contribution is -2.14. The maximum atomic E-state index is 2.40. The van der Waals surface area contributed by atoms with Crippen molar-refractivity contribution in [2.75, 3.05) is 4.90 Å². The van der Waals surface area contributed by atoms with E-state index in [0.29, 0.717) is 0 Å². The van der Waals surface area contributed by atoms with Gasteiger partial charge in [-0.3, -0.25) is 0 Å². The highest BCUT2D eigenvalue weighted by molar-refractivity contribution is 5.91. The molecule has 0 unspecified atom stereocenters.